The van der Waals surface area contributed by atoms with Crippen molar-refractivity contribution in [3.05, 3.63) is 0 Å². The molecule has 2 N–H and O–H groups in total. The molecule has 0 saturated heterocycles. The van der Waals surface area contributed by atoms with Crippen LogP contribution in [0.15, 0.2) is 0 Å². The van der Waals surface area contributed by atoms with Gasteiger partial charge in [0.05, 0.1) is 12.7 Å². The molecule has 1 rings (SSSR count). The van der Waals surface area contributed by atoms with E-state index in [9.17, 15) is 9.90 Å². The number of hydrogen-bond donors (Lipinski definition) is 2. The fourth-order valence-corrected chi connectivity index (χ4v) is 2.47. The van der Waals surface area contributed by atoms with E-state index in [4.69, 9.17) is 4.74 Å². The van der Waals surface area contributed by atoms with Crippen LogP contribution in [0, 0.1) is 5.92 Å². The van der Waals surface area contributed by atoms with Gasteiger partial charge in [-0.1, -0.05) is 6.42 Å². The van der Waals surface area contributed by atoms with E-state index in [0.29, 0.717) is 18.9 Å². The van der Waals surface area contributed by atoms with Gasteiger partial charge in [0.25, 0.3) is 0 Å². The molecule has 1 saturated carbocycles. The molecule has 18 heavy (non-hydrogen) atoms. The lowest BCUT2D eigenvalue weighted by Crippen LogP contribution is -2.22. The number of aliphatic hydroxyl groups excluding tert-OH is 1. The molecule has 0 radical (unpaired) electrons. The number of nitrogens with one attached hydrogen (secondary N) is 1. The second kappa shape index (κ2) is 9.34. The topological polar surface area (TPSA) is 58.6 Å². The zero-order valence-corrected chi connectivity index (χ0v) is 11.5. The molecular weight excluding hydrogens is 230 g/mol. The van der Waals surface area contributed by atoms with E-state index in [0.717, 1.165) is 51.6 Å². The van der Waals surface area contributed by atoms with Crippen molar-refractivity contribution in [2.75, 3.05) is 19.7 Å². The quantitative estimate of drug-likeness (QED) is 0.489. The lowest BCUT2D eigenvalue weighted by molar-refractivity contribution is -0.143. The van der Waals surface area contributed by atoms with E-state index in [2.05, 4.69) is 5.32 Å². The first kappa shape index (κ1) is 15.4. The third-order valence-electron chi connectivity index (χ3n) is 3.49. The van der Waals surface area contributed by atoms with Gasteiger partial charge in [0.15, 0.2) is 0 Å². The van der Waals surface area contributed by atoms with Crippen LogP contribution in [0.5, 0.6) is 0 Å². The fraction of sp³-hybridized carbons (Fsp3) is 0.929. The van der Waals surface area contributed by atoms with Crippen LogP contribution < -0.4 is 5.32 Å². The minimum atomic E-state index is -0.0783. The molecule has 4 nitrogen and oxygen atoms in total. The van der Waals surface area contributed by atoms with Crippen LogP contribution in [0.3, 0.4) is 0 Å². The Bertz CT molecular complexity index is 233. The number of carbonyl (C=O) groups is 1. The summed E-state index contributed by atoms with van der Waals surface area (Å²) in [5, 5.41) is 12.8. The van der Waals surface area contributed by atoms with Gasteiger partial charge < -0.3 is 15.2 Å². The van der Waals surface area contributed by atoms with Crippen molar-refractivity contribution >= 4 is 5.97 Å². The lowest BCUT2D eigenvalue weighted by atomic mass is 10.1. The zero-order valence-electron chi connectivity index (χ0n) is 11.5. The largest absolute Gasteiger partial charge is 0.466 e. The normalized spacial score (nSPS) is 23.2. The maximum absolute atomic E-state index is 11.1. The van der Waals surface area contributed by atoms with Crippen molar-refractivity contribution in [1.82, 2.24) is 5.32 Å². The highest BCUT2D eigenvalue weighted by Crippen LogP contribution is 2.24. The van der Waals surface area contributed by atoms with Gasteiger partial charge in [-0.25, -0.2) is 0 Å². The minimum absolute atomic E-state index is 0.0682. The zero-order chi connectivity index (χ0) is 13.2. The van der Waals surface area contributed by atoms with Crippen LogP contribution in [0.25, 0.3) is 0 Å². The van der Waals surface area contributed by atoms with Gasteiger partial charge in [0.1, 0.15) is 0 Å². The number of carbonyl (C=O) groups excluding carboxylic acids is 1. The summed E-state index contributed by atoms with van der Waals surface area (Å²) < 4.78 is 4.87. The van der Waals surface area contributed by atoms with Crippen LogP contribution >= 0.6 is 0 Å². The van der Waals surface area contributed by atoms with E-state index >= 15 is 0 Å². The van der Waals surface area contributed by atoms with Gasteiger partial charge >= 0.3 is 5.97 Å². The van der Waals surface area contributed by atoms with Gasteiger partial charge in [0, 0.05) is 6.42 Å². The molecule has 2 unspecified atom stereocenters. The summed E-state index contributed by atoms with van der Waals surface area (Å²) in [6.45, 7) is 4.35. The first-order chi connectivity index (χ1) is 8.72. The Morgan fingerprint density at radius 3 is 2.83 bits per heavy atom. The molecule has 0 aromatic heterocycles. The molecule has 4 heteroatoms. The Morgan fingerprint density at radius 1 is 1.33 bits per heavy atom. The average Bonchev–Trinajstić information content (AvgIpc) is 2.74. The second-order valence-corrected chi connectivity index (χ2v) is 5.15. The Balaban J connectivity index is 1.83. The van der Waals surface area contributed by atoms with Crippen molar-refractivity contribution in [3.8, 4) is 0 Å². The summed E-state index contributed by atoms with van der Waals surface area (Å²) in [6, 6.07) is 0. The second-order valence-electron chi connectivity index (χ2n) is 5.15. The molecule has 1 aliphatic rings. The van der Waals surface area contributed by atoms with E-state index < -0.39 is 0 Å². The van der Waals surface area contributed by atoms with Crippen molar-refractivity contribution in [1.29, 1.82) is 0 Å². The van der Waals surface area contributed by atoms with Gasteiger partial charge in [-0.15, -0.1) is 0 Å². The summed E-state index contributed by atoms with van der Waals surface area (Å²) in [5.74, 6) is 0.574. The number of hydrogen-bond acceptors (Lipinski definition) is 4. The Labute approximate surface area is 110 Å². The molecule has 1 aliphatic carbocycles. The maximum Gasteiger partial charge on any atom is 0.305 e. The van der Waals surface area contributed by atoms with Crippen molar-refractivity contribution in [2.45, 2.75) is 58.0 Å². The predicted molar refractivity (Wildman–Crippen MR) is 71.3 cm³/mol. The standard InChI is InChI=1S/C14H27NO3/c1-2-18-14(17)6-4-3-5-9-15-11-12-7-8-13(16)10-12/h12-13,15-16H,2-11H2,1H3. The Hall–Kier alpha value is -0.610. The molecular formula is C14H27NO3. The highest BCUT2D eigenvalue weighted by molar-refractivity contribution is 5.69. The van der Waals surface area contributed by atoms with Crippen LogP contribution in [0.2, 0.25) is 0 Å². The Morgan fingerprint density at radius 2 is 2.17 bits per heavy atom. The third-order valence-corrected chi connectivity index (χ3v) is 3.49. The minimum Gasteiger partial charge on any atom is -0.466 e. The monoisotopic (exact) mass is 257 g/mol. The molecule has 1 fully saturated rings. The third kappa shape index (κ3) is 6.97. The highest BCUT2D eigenvalue weighted by Gasteiger charge is 2.21. The first-order valence-electron chi connectivity index (χ1n) is 7.26. The molecule has 2 atom stereocenters. The molecule has 0 aromatic rings. The summed E-state index contributed by atoms with van der Waals surface area (Å²) in [6.07, 6.45) is 6.64. The molecule has 0 amide bonds. The molecule has 0 bridgehead atoms. The summed E-state index contributed by atoms with van der Waals surface area (Å²) in [4.78, 5) is 11.1. The molecule has 0 heterocycles. The van der Waals surface area contributed by atoms with E-state index in [1.807, 2.05) is 6.92 Å². The Kier molecular flexibility index (Phi) is 8.01. The predicted octanol–water partition coefficient (Wildman–Crippen LogP) is 1.86. The molecule has 0 aliphatic heterocycles. The van der Waals surface area contributed by atoms with Gasteiger partial charge in [0.2, 0.25) is 0 Å². The number of ether oxygens (including phenoxy) is 1. The number of aliphatic hydroxyl groups is 1. The molecule has 0 aromatic carbocycles. The van der Waals surface area contributed by atoms with E-state index in [1.165, 1.54) is 0 Å². The number of rotatable bonds is 9. The summed E-state index contributed by atoms with van der Waals surface area (Å²) in [7, 11) is 0. The molecule has 0 spiro atoms. The van der Waals surface area contributed by atoms with Crippen molar-refractivity contribution in [3.63, 3.8) is 0 Å². The SMILES string of the molecule is CCOC(=O)CCCCCNCC1CCC(O)C1. The van der Waals surface area contributed by atoms with Gasteiger partial charge in [-0.05, 0) is 58.0 Å². The van der Waals surface area contributed by atoms with Crippen molar-refractivity contribution < 1.29 is 14.6 Å². The van der Waals surface area contributed by atoms with Gasteiger partial charge in [-0.3, -0.25) is 4.79 Å². The summed E-state index contributed by atoms with van der Waals surface area (Å²) >= 11 is 0. The van der Waals surface area contributed by atoms with E-state index in [1.54, 1.807) is 0 Å². The lowest BCUT2D eigenvalue weighted by Gasteiger charge is -2.10. The van der Waals surface area contributed by atoms with Crippen molar-refractivity contribution in [2.24, 2.45) is 5.92 Å². The number of esters is 1. The van der Waals surface area contributed by atoms with Crippen LogP contribution in [-0.2, 0) is 9.53 Å². The highest BCUT2D eigenvalue weighted by atomic mass is 16.5. The fourth-order valence-electron chi connectivity index (χ4n) is 2.47. The van der Waals surface area contributed by atoms with Crippen LogP contribution in [0.4, 0.5) is 0 Å². The summed E-state index contributed by atoms with van der Waals surface area (Å²) in [5.41, 5.74) is 0. The maximum atomic E-state index is 11.1. The van der Waals surface area contributed by atoms with E-state index in [-0.39, 0.29) is 12.1 Å². The smallest absolute Gasteiger partial charge is 0.305 e. The van der Waals surface area contributed by atoms with Crippen LogP contribution in [-0.4, -0.2) is 36.9 Å². The molecule has 106 valence electrons. The number of unbranched alkanes of at least 4 members (excludes halogenated alkanes) is 2. The first-order valence-corrected chi connectivity index (χ1v) is 7.26. The van der Waals surface area contributed by atoms with Gasteiger partial charge in [-0.2, -0.15) is 0 Å². The average molecular weight is 257 g/mol. The van der Waals surface area contributed by atoms with Crippen LogP contribution in [0.1, 0.15) is 51.9 Å².